The summed E-state index contributed by atoms with van der Waals surface area (Å²) in [6.07, 6.45) is 12.2. The van der Waals surface area contributed by atoms with Gasteiger partial charge in [0, 0.05) is 31.9 Å². The van der Waals surface area contributed by atoms with Gasteiger partial charge in [-0.05, 0) is 80.3 Å². The lowest BCUT2D eigenvalue weighted by Gasteiger charge is -2.31. The predicted molar refractivity (Wildman–Crippen MR) is 129 cm³/mol. The van der Waals surface area contributed by atoms with Crippen molar-refractivity contribution in [2.45, 2.75) is 57.8 Å². The lowest BCUT2D eigenvalue weighted by molar-refractivity contribution is 0.400. The third-order valence-corrected chi connectivity index (χ3v) is 7.90. The van der Waals surface area contributed by atoms with Crippen molar-refractivity contribution >= 4 is 27.5 Å². The summed E-state index contributed by atoms with van der Waals surface area (Å²) >= 11 is 1.91. The fraction of sp³-hybridized carbons (Fsp3) is 0.560. The second-order valence-electron chi connectivity index (χ2n) is 9.13. The molecule has 2 aromatic heterocycles. The van der Waals surface area contributed by atoms with Crippen LogP contribution in [0.25, 0.3) is 10.2 Å². The van der Waals surface area contributed by atoms with Crippen molar-refractivity contribution in [2.75, 3.05) is 31.1 Å². The van der Waals surface area contributed by atoms with Crippen LogP contribution in [0, 0.1) is 5.92 Å². The van der Waals surface area contributed by atoms with E-state index in [9.17, 15) is 0 Å². The standard InChI is InChI=1S/C25H33N5S/c1-2-3-19-16-27-25(28-17-19)30-12-8-18(9-13-30)14-24-29-22-5-4-21(15-23(22)31-24)20-6-10-26-11-7-20/h4-5,15-18,20,26H,2-3,6-14H2,1H3. The van der Waals surface area contributed by atoms with Crippen molar-refractivity contribution in [3.8, 4) is 0 Å². The Morgan fingerprint density at radius 2 is 1.84 bits per heavy atom. The zero-order valence-electron chi connectivity index (χ0n) is 18.5. The molecule has 0 aliphatic carbocycles. The van der Waals surface area contributed by atoms with Crippen LogP contribution in [0.4, 0.5) is 5.95 Å². The average Bonchev–Trinajstić information content (AvgIpc) is 3.22. The topological polar surface area (TPSA) is 53.9 Å². The minimum Gasteiger partial charge on any atom is -0.341 e. The molecule has 0 amide bonds. The predicted octanol–water partition coefficient (Wildman–Crippen LogP) is 4.96. The van der Waals surface area contributed by atoms with E-state index in [4.69, 9.17) is 4.98 Å². The Morgan fingerprint density at radius 1 is 1.06 bits per heavy atom. The third-order valence-electron chi connectivity index (χ3n) is 6.86. The van der Waals surface area contributed by atoms with E-state index in [0.29, 0.717) is 11.8 Å². The number of nitrogens with zero attached hydrogens (tertiary/aromatic N) is 4. The lowest BCUT2D eigenvalue weighted by atomic mass is 9.90. The average molecular weight is 436 g/mol. The monoisotopic (exact) mass is 435 g/mol. The summed E-state index contributed by atoms with van der Waals surface area (Å²) in [5.41, 5.74) is 3.92. The quantitative estimate of drug-likeness (QED) is 0.593. The summed E-state index contributed by atoms with van der Waals surface area (Å²) in [7, 11) is 0. The maximum Gasteiger partial charge on any atom is 0.225 e. The van der Waals surface area contributed by atoms with Crippen LogP contribution >= 0.6 is 11.3 Å². The zero-order valence-corrected chi connectivity index (χ0v) is 19.3. The molecule has 31 heavy (non-hydrogen) atoms. The maximum absolute atomic E-state index is 4.97. The first-order valence-electron chi connectivity index (χ1n) is 11.9. The molecule has 2 fully saturated rings. The number of hydrogen-bond acceptors (Lipinski definition) is 6. The van der Waals surface area contributed by atoms with Gasteiger partial charge in [-0.15, -0.1) is 11.3 Å². The van der Waals surface area contributed by atoms with Crippen molar-refractivity contribution < 1.29 is 0 Å². The second-order valence-corrected chi connectivity index (χ2v) is 10.3. The Labute approximate surface area is 189 Å². The Balaban J connectivity index is 1.19. The molecular weight excluding hydrogens is 402 g/mol. The van der Waals surface area contributed by atoms with E-state index in [2.05, 4.69) is 45.3 Å². The fourth-order valence-corrected chi connectivity index (χ4v) is 6.13. The van der Waals surface area contributed by atoms with Gasteiger partial charge in [0.05, 0.1) is 15.2 Å². The van der Waals surface area contributed by atoms with Crippen LogP contribution < -0.4 is 10.2 Å². The highest BCUT2D eigenvalue weighted by Gasteiger charge is 2.23. The van der Waals surface area contributed by atoms with E-state index in [0.717, 1.165) is 51.4 Å². The largest absolute Gasteiger partial charge is 0.341 e. The van der Waals surface area contributed by atoms with Gasteiger partial charge in [-0.25, -0.2) is 15.0 Å². The number of anilines is 1. The van der Waals surface area contributed by atoms with Crippen LogP contribution in [-0.2, 0) is 12.8 Å². The minimum atomic E-state index is 0.707. The number of thiazole rings is 1. The van der Waals surface area contributed by atoms with Gasteiger partial charge in [-0.2, -0.15) is 0 Å². The van der Waals surface area contributed by atoms with E-state index in [1.807, 2.05) is 23.7 Å². The summed E-state index contributed by atoms with van der Waals surface area (Å²) in [6, 6.07) is 6.97. The van der Waals surface area contributed by atoms with E-state index in [1.54, 1.807) is 0 Å². The summed E-state index contributed by atoms with van der Waals surface area (Å²) in [5.74, 6) is 2.31. The molecule has 0 saturated carbocycles. The molecule has 164 valence electrons. The van der Waals surface area contributed by atoms with Crippen molar-refractivity contribution in [1.82, 2.24) is 20.3 Å². The van der Waals surface area contributed by atoms with Gasteiger partial charge < -0.3 is 10.2 Å². The molecule has 0 radical (unpaired) electrons. The second kappa shape index (κ2) is 9.61. The van der Waals surface area contributed by atoms with Crippen LogP contribution in [0.15, 0.2) is 30.6 Å². The molecule has 0 bridgehead atoms. The molecule has 1 N–H and O–H groups in total. The molecule has 1 aromatic carbocycles. The van der Waals surface area contributed by atoms with Gasteiger partial charge in [-0.1, -0.05) is 19.4 Å². The molecule has 0 unspecified atom stereocenters. The molecule has 6 heteroatoms. The minimum absolute atomic E-state index is 0.707. The molecule has 3 aromatic rings. The van der Waals surface area contributed by atoms with Gasteiger partial charge in [0.25, 0.3) is 0 Å². The molecule has 2 aliphatic rings. The van der Waals surface area contributed by atoms with E-state index in [-0.39, 0.29) is 0 Å². The number of hydrogen-bond donors (Lipinski definition) is 1. The Hall–Kier alpha value is -2.05. The number of piperidine rings is 2. The number of fused-ring (bicyclic) bond motifs is 1. The fourth-order valence-electron chi connectivity index (χ4n) is 5.00. The molecule has 0 spiro atoms. The Morgan fingerprint density at radius 3 is 2.58 bits per heavy atom. The molecule has 0 atom stereocenters. The summed E-state index contributed by atoms with van der Waals surface area (Å²) in [4.78, 5) is 16.5. The first kappa shape index (κ1) is 20.8. The number of aromatic nitrogens is 3. The Kier molecular flexibility index (Phi) is 6.46. The maximum atomic E-state index is 4.97. The van der Waals surface area contributed by atoms with Crippen molar-refractivity contribution in [3.05, 3.63) is 46.7 Å². The van der Waals surface area contributed by atoms with Gasteiger partial charge in [0.15, 0.2) is 0 Å². The SMILES string of the molecule is CCCc1cnc(N2CCC(Cc3nc4ccc(C5CCNCC5)cc4s3)CC2)nc1. The summed E-state index contributed by atoms with van der Waals surface area (Å²) in [5, 5.41) is 4.77. The third kappa shape index (κ3) is 4.90. The van der Waals surface area contributed by atoms with E-state index >= 15 is 0 Å². The van der Waals surface area contributed by atoms with Gasteiger partial charge in [-0.3, -0.25) is 0 Å². The highest BCUT2D eigenvalue weighted by Crippen LogP contribution is 2.32. The molecule has 5 rings (SSSR count). The van der Waals surface area contributed by atoms with Gasteiger partial charge in [0.2, 0.25) is 5.95 Å². The zero-order chi connectivity index (χ0) is 21.0. The highest BCUT2D eigenvalue weighted by molar-refractivity contribution is 7.18. The van der Waals surface area contributed by atoms with Gasteiger partial charge in [0.1, 0.15) is 0 Å². The van der Waals surface area contributed by atoms with Crippen molar-refractivity contribution in [2.24, 2.45) is 5.92 Å². The summed E-state index contributed by atoms with van der Waals surface area (Å²) < 4.78 is 1.36. The van der Waals surface area contributed by atoms with Crippen LogP contribution in [0.3, 0.4) is 0 Å². The number of rotatable bonds is 6. The molecular formula is C25H33N5S. The molecule has 2 aliphatic heterocycles. The van der Waals surface area contributed by atoms with Crippen LogP contribution in [-0.4, -0.2) is 41.1 Å². The number of nitrogens with one attached hydrogen (secondary N) is 1. The smallest absolute Gasteiger partial charge is 0.225 e. The lowest BCUT2D eigenvalue weighted by Crippen LogP contribution is -2.35. The van der Waals surface area contributed by atoms with Gasteiger partial charge >= 0.3 is 0 Å². The molecule has 4 heterocycles. The number of aryl methyl sites for hydroxylation is 1. The first-order valence-corrected chi connectivity index (χ1v) is 12.8. The molecule has 2 saturated heterocycles. The van der Waals surface area contributed by atoms with E-state index in [1.165, 1.54) is 52.0 Å². The van der Waals surface area contributed by atoms with Crippen LogP contribution in [0.5, 0.6) is 0 Å². The normalized spacial score (nSPS) is 18.7. The van der Waals surface area contributed by atoms with E-state index < -0.39 is 0 Å². The van der Waals surface area contributed by atoms with Crippen LogP contribution in [0.2, 0.25) is 0 Å². The Bertz CT molecular complexity index is 985. The first-order chi connectivity index (χ1) is 15.3. The molecule has 5 nitrogen and oxygen atoms in total. The number of benzene rings is 1. The summed E-state index contributed by atoms with van der Waals surface area (Å²) in [6.45, 7) is 6.56. The van der Waals surface area contributed by atoms with Crippen molar-refractivity contribution in [1.29, 1.82) is 0 Å². The van der Waals surface area contributed by atoms with Crippen LogP contribution in [0.1, 0.15) is 61.1 Å². The van der Waals surface area contributed by atoms with Crippen molar-refractivity contribution in [3.63, 3.8) is 0 Å². The highest BCUT2D eigenvalue weighted by atomic mass is 32.1.